The summed E-state index contributed by atoms with van der Waals surface area (Å²) in [4.78, 5) is 14.3. The molecule has 2 aromatic rings. The minimum atomic E-state index is 0.0971. The van der Waals surface area contributed by atoms with Gasteiger partial charge in [-0.15, -0.1) is 0 Å². The summed E-state index contributed by atoms with van der Waals surface area (Å²) in [5.74, 6) is 0.0971. The van der Waals surface area contributed by atoms with E-state index in [0.29, 0.717) is 6.04 Å². The molecule has 0 saturated carbocycles. The first-order valence-electron chi connectivity index (χ1n) is 6.20. The number of rotatable bonds is 1. The van der Waals surface area contributed by atoms with E-state index in [0.717, 1.165) is 36.1 Å². The van der Waals surface area contributed by atoms with Gasteiger partial charge < -0.3 is 10.2 Å². The van der Waals surface area contributed by atoms with E-state index in [1.54, 1.807) is 6.20 Å². The summed E-state index contributed by atoms with van der Waals surface area (Å²) in [6.07, 6.45) is 1.76. The molecule has 0 radical (unpaired) electrons. The fourth-order valence-electron chi connectivity index (χ4n) is 2.37. The highest BCUT2D eigenvalue weighted by Crippen LogP contribution is 2.15. The van der Waals surface area contributed by atoms with Crippen LogP contribution in [0.25, 0.3) is 10.9 Å². The monoisotopic (exact) mass is 244 g/mol. The predicted octanol–water partition coefficient (Wildman–Crippen LogP) is 0.997. The summed E-state index contributed by atoms with van der Waals surface area (Å²) in [5.41, 5.74) is 1.63. The molecule has 1 amide bonds. The van der Waals surface area contributed by atoms with Crippen molar-refractivity contribution >= 4 is 16.8 Å². The van der Waals surface area contributed by atoms with Gasteiger partial charge in [-0.3, -0.25) is 9.89 Å². The Kier molecular flexibility index (Phi) is 2.76. The molecule has 94 valence electrons. The maximum Gasteiger partial charge on any atom is 0.254 e. The highest BCUT2D eigenvalue weighted by molar-refractivity contribution is 5.97. The Balaban J connectivity index is 1.86. The Morgan fingerprint density at radius 3 is 3.22 bits per heavy atom. The van der Waals surface area contributed by atoms with Crippen molar-refractivity contribution in [2.24, 2.45) is 0 Å². The smallest absolute Gasteiger partial charge is 0.254 e. The molecule has 1 atom stereocenters. The van der Waals surface area contributed by atoms with Crippen molar-refractivity contribution in [1.29, 1.82) is 0 Å². The number of hydrogen-bond donors (Lipinski definition) is 2. The van der Waals surface area contributed by atoms with Crippen molar-refractivity contribution in [2.45, 2.75) is 13.0 Å². The highest BCUT2D eigenvalue weighted by atomic mass is 16.2. The van der Waals surface area contributed by atoms with Crippen LogP contribution < -0.4 is 5.32 Å². The third kappa shape index (κ3) is 1.97. The van der Waals surface area contributed by atoms with Crippen molar-refractivity contribution in [1.82, 2.24) is 20.4 Å². The van der Waals surface area contributed by atoms with E-state index in [1.807, 2.05) is 23.1 Å². The molecule has 18 heavy (non-hydrogen) atoms. The molecule has 1 aromatic heterocycles. The molecule has 1 aliphatic heterocycles. The third-order valence-corrected chi connectivity index (χ3v) is 3.34. The molecule has 5 nitrogen and oxygen atoms in total. The molecule has 2 heterocycles. The SMILES string of the molecule is C[C@@H]1CN(C(=O)c2ccc3cn[nH]c3c2)CCN1. The minimum absolute atomic E-state index is 0.0971. The molecular weight excluding hydrogens is 228 g/mol. The van der Waals surface area contributed by atoms with Crippen molar-refractivity contribution in [3.63, 3.8) is 0 Å². The Morgan fingerprint density at radius 2 is 2.39 bits per heavy atom. The van der Waals surface area contributed by atoms with Gasteiger partial charge in [-0.2, -0.15) is 5.10 Å². The standard InChI is InChI=1S/C13H16N4O/c1-9-8-17(5-4-14-9)13(18)10-2-3-11-7-15-16-12(11)6-10/h2-3,6-7,9,14H,4-5,8H2,1H3,(H,15,16)/t9-/m1/s1. The Hall–Kier alpha value is -1.88. The summed E-state index contributed by atoms with van der Waals surface area (Å²) in [7, 11) is 0. The molecule has 5 heteroatoms. The summed E-state index contributed by atoms with van der Waals surface area (Å²) < 4.78 is 0. The molecule has 1 aromatic carbocycles. The lowest BCUT2D eigenvalue weighted by Crippen LogP contribution is -2.51. The number of nitrogens with one attached hydrogen (secondary N) is 2. The molecular formula is C13H16N4O. The van der Waals surface area contributed by atoms with Gasteiger partial charge in [0, 0.05) is 36.6 Å². The van der Waals surface area contributed by atoms with Gasteiger partial charge >= 0.3 is 0 Å². The number of hydrogen-bond acceptors (Lipinski definition) is 3. The van der Waals surface area contributed by atoms with Crippen molar-refractivity contribution < 1.29 is 4.79 Å². The Labute approximate surface area is 105 Å². The van der Waals surface area contributed by atoms with Crippen LogP contribution >= 0.6 is 0 Å². The van der Waals surface area contributed by atoms with E-state index in [-0.39, 0.29) is 5.91 Å². The topological polar surface area (TPSA) is 61.0 Å². The van der Waals surface area contributed by atoms with Crippen LogP contribution in [-0.2, 0) is 0 Å². The lowest BCUT2D eigenvalue weighted by Gasteiger charge is -2.31. The second-order valence-electron chi connectivity index (χ2n) is 4.78. The predicted molar refractivity (Wildman–Crippen MR) is 69.5 cm³/mol. The number of nitrogens with zero attached hydrogens (tertiary/aromatic N) is 2. The van der Waals surface area contributed by atoms with Crippen LogP contribution in [0.4, 0.5) is 0 Å². The van der Waals surface area contributed by atoms with Crippen LogP contribution in [0.2, 0.25) is 0 Å². The van der Waals surface area contributed by atoms with Gasteiger partial charge in [0.15, 0.2) is 0 Å². The quantitative estimate of drug-likeness (QED) is 0.786. The first kappa shape index (κ1) is 11.2. The van der Waals surface area contributed by atoms with Crippen LogP contribution in [-0.4, -0.2) is 46.7 Å². The molecule has 0 bridgehead atoms. The molecule has 3 rings (SSSR count). The lowest BCUT2D eigenvalue weighted by molar-refractivity contribution is 0.0709. The second kappa shape index (κ2) is 4.42. The number of carbonyl (C=O) groups excluding carboxylic acids is 1. The summed E-state index contributed by atoms with van der Waals surface area (Å²) >= 11 is 0. The van der Waals surface area contributed by atoms with Crippen LogP contribution in [0.5, 0.6) is 0 Å². The van der Waals surface area contributed by atoms with Crippen LogP contribution in [0.15, 0.2) is 24.4 Å². The number of piperazine rings is 1. The first-order valence-corrected chi connectivity index (χ1v) is 6.20. The molecule has 1 saturated heterocycles. The van der Waals surface area contributed by atoms with Gasteiger partial charge in [0.05, 0.1) is 11.7 Å². The van der Waals surface area contributed by atoms with E-state index in [1.165, 1.54) is 0 Å². The molecule has 0 aliphatic carbocycles. The number of amides is 1. The van der Waals surface area contributed by atoms with Gasteiger partial charge in [0.25, 0.3) is 5.91 Å². The fraction of sp³-hybridized carbons (Fsp3) is 0.385. The zero-order valence-corrected chi connectivity index (χ0v) is 10.3. The largest absolute Gasteiger partial charge is 0.336 e. The first-order chi connectivity index (χ1) is 8.74. The fourth-order valence-corrected chi connectivity index (χ4v) is 2.37. The number of H-pyrrole nitrogens is 1. The highest BCUT2D eigenvalue weighted by Gasteiger charge is 2.21. The van der Waals surface area contributed by atoms with Gasteiger partial charge in [-0.25, -0.2) is 0 Å². The van der Waals surface area contributed by atoms with E-state index in [4.69, 9.17) is 0 Å². The van der Waals surface area contributed by atoms with E-state index >= 15 is 0 Å². The summed E-state index contributed by atoms with van der Waals surface area (Å²) in [6, 6.07) is 6.03. The second-order valence-corrected chi connectivity index (χ2v) is 4.78. The molecule has 2 N–H and O–H groups in total. The Bertz CT molecular complexity index is 577. The third-order valence-electron chi connectivity index (χ3n) is 3.34. The van der Waals surface area contributed by atoms with Crippen LogP contribution in [0.3, 0.4) is 0 Å². The minimum Gasteiger partial charge on any atom is -0.336 e. The maximum atomic E-state index is 12.4. The summed E-state index contributed by atoms with van der Waals surface area (Å²) in [6.45, 7) is 4.49. The van der Waals surface area contributed by atoms with Crippen LogP contribution in [0.1, 0.15) is 17.3 Å². The number of carbonyl (C=O) groups is 1. The normalized spacial score (nSPS) is 20.3. The molecule has 0 spiro atoms. The van der Waals surface area contributed by atoms with Gasteiger partial charge in [-0.05, 0) is 19.1 Å². The molecule has 0 unspecified atom stereocenters. The van der Waals surface area contributed by atoms with Crippen LogP contribution in [0, 0.1) is 0 Å². The number of aromatic amines is 1. The van der Waals surface area contributed by atoms with Gasteiger partial charge in [0.2, 0.25) is 0 Å². The average Bonchev–Trinajstić information content (AvgIpc) is 2.85. The van der Waals surface area contributed by atoms with Crippen molar-refractivity contribution in [2.75, 3.05) is 19.6 Å². The van der Waals surface area contributed by atoms with E-state index in [9.17, 15) is 4.79 Å². The number of fused-ring (bicyclic) bond motifs is 1. The van der Waals surface area contributed by atoms with Crippen molar-refractivity contribution in [3.8, 4) is 0 Å². The van der Waals surface area contributed by atoms with Crippen molar-refractivity contribution in [3.05, 3.63) is 30.0 Å². The molecule has 1 fully saturated rings. The maximum absolute atomic E-state index is 12.4. The van der Waals surface area contributed by atoms with Gasteiger partial charge in [0.1, 0.15) is 0 Å². The number of benzene rings is 1. The molecule has 1 aliphatic rings. The summed E-state index contributed by atoms with van der Waals surface area (Å²) in [5, 5.41) is 11.2. The lowest BCUT2D eigenvalue weighted by atomic mass is 10.1. The van der Waals surface area contributed by atoms with E-state index in [2.05, 4.69) is 22.4 Å². The zero-order valence-electron chi connectivity index (χ0n) is 10.3. The average molecular weight is 244 g/mol. The number of aromatic nitrogens is 2. The van der Waals surface area contributed by atoms with E-state index < -0.39 is 0 Å². The van der Waals surface area contributed by atoms with Gasteiger partial charge in [-0.1, -0.05) is 6.07 Å². The Morgan fingerprint density at radius 1 is 1.50 bits per heavy atom. The zero-order chi connectivity index (χ0) is 12.5.